The van der Waals surface area contributed by atoms with Crippen molar-refractivity contribution in [2.75, 3.05) is 0 Å². The van der Waals surface area contributed by atoms with E-state index < -0.39 is 11.8 Å². The molecule has 0 fully saturated rings. The van der Waals surface area contributed by atoms with Gasteiger partial charge in [0.15, 0.2) is 0 Å². The summed E-state index contributed by atoms with van der Waals surface area (Å²) in [6.45, 7) is 0. The molecule has 0 aliphatic heterocycles. The second kappa shape index (κ2) is 8.01. The number of carbonyl (C=O) groups excluding carboxylic acids is 2. The predicted octanol–water partition coefficient (Wildman–Crippen LogP) is 4.28. The van der Waals surface area contributed by atoms with E-state index in [4.69, 9.17) is 16.5 Å². The van der Waals surface area contributed by atoms with Crippen molar-refractivity contribution in [1.82, 2.24) is 4.98 Å². The van der Waals surface area contributed by atoms with Crippen molar-refractivity contribution in [3.05, 3.63) is 102 Å². The van der Waals surface area contributed by atoms with E-state index in [-0.39, 0.29) is 11.1 Å². The summed E-state index contributed by atoms with van der Waals surface area (Å²) >= 11 is 0. The van der Waals surface area contributed by atoms with Crippen LogP contribution in [0.25, 0.3) is 33.6 Å². The fourth-order valence-corrected chi connectivity index (χ4v) is 3.57. The molecule has 0 saturated carbocycles. The summed E-state index contributed by atoms with van der Waals surface area (Å²) in [5, 5.41) is 0. The van der Waals surface area contributed by atoms with Crippen LogP contribution in [-0.4, -0.2) is 16.8 Å². The van der Waals surface area contributed by atoms with E-state index in [9.17, 15) is 9.59 Å². The number of carbonyl (C=O) groups is 2. The largest absolute Gasteiger partial charge is 0.366 e. The normalized spacial score (nSPS) is 10.5. The van der Waals surface area contributed by atoms with Gasteiger partial charge in [-0.15, -0.1) is 0 Å². The molecule has 1 aromatic heterocycles. The van der Waals surface area contributed by atoms with Crippen LogP contribution in [0, 0.1) is 0 Å². The smallest absolute Gasteiger partial charge is 0.251 e. The van der Waals surface area contributed by atoms with Crippen LogP contribution < -0.4 is 11.5 Å². The maximum atomic E-state index is 12.6. The lowest BCUT2D eigenvalue weighted by Gasteiger charge is -2.19. The number of benzene rings is 3. The molecule has 4 rings (SSSR count). The fraction of sp³-hybridized carbons (Fsp3) is 0. The molecule has 0 saturated heterocycles. The van der Waals surface area contributed by atoms with E-state index >= 15 is 0 Å². The van der Waals surface area contributed by atoms with Crippen molar-refractivity contribution in [2.45, 2.75) is 0 Å². The molecular formula is C25H19N3O2. The lowest BCUT2D eigenvalue weighted by atomic mass is 9.88. The van der Waals surface area contributed by atoms with Gasteiger partial charge in [0.25, 0.3) is 11.8 Å². The van der Waals surface area contributed by atoms with Crippen LogP contribution in [0.15, 0.2) is 91.0 Å². The first-order chi connectivity index (χ1) is 14.6. The van der Waals surface area contributed by atoms with Crippen molar-refractivity contribution < 1.29 is 9.59 Å². The third-order valence-corrected chi connectivity index (χ3v) is 4.85. The van der Waals surface area contributed by atoms with Crippen LogP contribution in [0.5, 0.6) is 0 Å². The van der Waals surface area contributed by atoms with Crippen molar-refractivity contribution in [3.63, 3.8) is 0 Å². The molecule has 0 aliphatic rings. The number of pyridine rings is 1. The van der Waals surface area contributed by atoms with E-state index in [1.165, 1.54) is 0 Å². The number of primary amides is 2. The Morgan fingerprint density at radius 1 is 0.533 bits per heavy atom. The van der Waals surface area contributed by atoms with Gasteiger partial charge in [-0.2, -0.15) is 0 Å². The maximum absolute atomic E-state index is 12.6. The molecule has 1 heterocycles. The first-order valence-electron chi connectivity index (χ1n) is 9.41. The molecule has 146 valence electrons. The third-order valence-electron chi connectivity index (χ3n) is 4.85. The first-order valence-corrected chi connectivity index (χ1v) is 9.41. The molecule has 5 heteroatoms. The van der Waals surface area contributed by atoms with E-state index in [0.717, 1.165) is 11.1 Å². The quantitative estimate of drug-likeness (QED) is 0.529. The van der Waals surface area contributed by atoms with Gasteiger partial charge in [0, 0.05) is 16.7 Å². The van der Waals surface area contributed by atoms with E-state index in [1.807, 2.05) is 91.0 Å². The maximum Gasteiger partial charge on any atom is 0.251 e. The van der Waals surface area contributed by atoms with Crippen molar-refractivity contribution in [1.29, 1.82) is 0 Å². The van der Waals surface area contributed by atoms with Gasteiger partial charge in [0.2, 0.25) is 0 Å². The zero-order valence-corrected chi connectivity index (χ0v) is 16.1. The SMILES string of the molecule is NC(=O)c1c(-c2ccccc2)nc(-c2ccccc2)c(C(N)=O)c1-c1ccccc1. The van der Waals surface area contributed by atoms with Gasteiger partial charge in [-0.25, -0.2) is 4.98 Å². The van der Waals surface area contributed by atoms with Crippen LogP contribution in [0.4, 0.5) is 0 Å². The van der Waals surface area contributed by atoms with Crippen molar-refractivity contribution >= 4 is 11.8 Å². The van der Waals surface area contributed by atoms with E-state index in [2.05, 4.69) is 0 Å². The molecule has 4 aromatic rings. The first kappa shape index (κ1) is 19.1. The number of hydrogen-bond acceptors (Lipinski definition) is 3. The van der Waals surface area contributed by atoms with Crippen LogP contribution in [0.3, 0.4) is 0 Å². The number of rotatable bonds is 5. The number of amides is 2. The number of hydrogen-bond donors (Lipinski definition) is 2. The molecule has 30 heavy (non-hydrogen) atoms. The highest BCUT2D eigenvalue weighted by atomic mass is 16.1. The molecule has 0 atom stereocenters. The molecule has 0 aliphatic carbocycles. The average molecular weight is 393 g/mol. The highest BCUT2D eigenvalue weighted by molar-refractivity contribution is 6.14. The van der Waals surface area contributed by atoms with Gasteiger partial charge >= 0.3 is 0 Å². The van der Waals surface area contributed by atoms with E-state index in [0.29, 0.717) is 22.5 Å². The second-order valence-corrected chi connectivity index (χ2v) is 6.76. The van der Waals surface area contributed by atoms with Crippen LogP contribution in [-0.2, 0) is 0 Å². The zero-order valence-electron chi connectivity index (χ0n) is 16.1. The summed E-state index contributed by atoms with van der Waals surface area (Å²) in [6, 6.07) is 27.7. The van der Waals surface area contributed by atoms with Crippen molar-refractivity contribution in [2.24, 2.45) is 11.5 Å². The van der Waals surface area contributed by atoms with Gasteiger partial charge in [0.1, 0.15) is 0 Å². The lowest BCUT2D eigenvalue weighted by molar-refractivity contribution is 0.0999. The summed E-state index contributed by atoms with van der Waals surface area (Å²) < 4.78 is 0. The Kier molecular flexibility index (Phi) is 5.09. The molecule has 3 aromatic carbocycles. The van der Waals surface area contributed by atoms with Crippen molar-refractivity contribution in [3.8, 4) is 33.6 Å². The topological polar surface area (TPSA) is 99.1 Å². The molecule has 5 nitrogen and oxygen atoms in total. The van der Waals surface area contributed by atoms with Gasteiger partial charge in [-0.1, -0.05) is 91.0 Å². The Morgan fingerprint density at radius 3 is 1.20 bits per heavy atom. The Hall–Kier alpha value is -4.25. The average Bonchev–Trinajstić information content (AvgIpc) is 2.79. The minimum Gasteiger partial charge on any atom is -0.366 e. The molecular weight excluding hydrogens is 374 g/mol. The van der Waals surface area contributed by atoms with Crippen LogP contribution in [0.1, 0.15) is 20.7 Å². The Labute approximate surface area is 174 Å². The standard InChI is InChI=1S/C25H19N3O2/c26-24(29)20-19(16-10-4-1-5-11-16)21(25(27)30)23(18-14-8-3-9-15-18)28-22(20)17-12-6-2-7-13-17/h1-15H,(H2,26,29)(H2,27,30). The molecule has 0 bridgehead atoms. The Bertz CT molecular complexity index is 1150. The number of nitrogens with two attached hydrogens (primary N) is 2. The van der Waals surface area contributed by atoms with Gasteiger partial charge in [0.05, 0.1) is 22.5 Å². The number of aromatic nitrogens is 1. The zero-order chi connectivity index (χ0) is 21.1. The summed E-state index contributed by atoms with van der Waals surface area (Å²) in [6.07, 6.45) is 0. The fourth-order valence-electron chi connectivity index (χ4n) is 3.57. The Morgan fingerprint density at radius 2 is 0.867 bits per heavy atom. The summed E-state index contributed by atoms with van der Waals surface area (Å²) in [5.41, 5.74) is 15.3. The number of nitrogens with zero attached hydrogens (tertiary/aromatic N) is 1. The summed E-state index contributed by atoms with van der Waals surface area (Å²) in [7, 11) is 0. The predicted molar refractivity (Wildman–Crippen MR) is 118 cm³/mol. The summed E-state index contributed by atoms with van der Waals surface area (Å²) in [4.78, 5) is 30.0. The second-order valence-electron chi connectivity index (χ2n) is 6.76. The molecule has 0 radical (unpaired) electrons. The molecule has 4 N–H and O–H groups in total. The molecule has 2 amide bonds. The monoisotopic (exact) mass is 393 g/mol. The van der Waals surface area contributed by atoms with Gasteiger partial charge < -0.3 is 11.5 Å². The van der Waals surface area contributed by atoms with Gasteiger partial charge in [-0.3, -0.25) is 9.59 Å². The van der Waals surface area contributed by atoms with E-state index in [1.54, 1.807) is 0 Å². The highest BCUT2D eigenvalue weighted by Gasteiger charge is 2.27. The lowest BCUT2D eigenvalue weighted by Crippen LogP contribution is -2.22. The minimum absolute atomic E-state index is 0.167. The highest BCUT2D eigenvalue weighted by Crippen LogP contribution is 2.38. The van der Waals surface area contributed by atoms with Crippen LogP contribution in [0.2, 0.25) is 0 Å². The van der Waals surface area contributed by atoms with Gasteiger partial charge in [-0.05, 0) is 5.56 Å². The third kappa shape index (κ3) is 3.44. The molecule has 0 unspecified atom stereocenters. The Balaban J connectivity index is 2.21. The summed E-state index contributed by atoms with van der Waals surface area (Å²) in [5.74, 6) is -1.36. The molecule has 0 spiro atoms. The minimum atomic E-state index is -0.678. The van der Waals surface area contributed by atoms with Crippen LogP contribution >= 0.6 is 0 Å².